The number of methoxy groups -OCH3 is 1. The molecule has 16 nitrogen and oxygen atoms in total. The van der Waals surface area contributed by atoms with E-state index in [-0.39, 0.29) is 49.2 Å². The third-order valence-electron chi connectivity index (χ3n) is 15.8. The molecule has 3 aromatic carbocycles. The first-order chi connectivity index (χ1) is 35.9. The van der Waals surface area contributed by atoms with Crippen LogP contribution in [0.3, 0.4) is 0 Å². The zero-order valence-corrected chi connectivity index (χ0v) is 45.2. The number of piperazine rings is 1. The Hall–Kier alpha value is -6.33. The van der Waals surface area contributed by atoms with Gasteiger partial charge in [0.2, 0.25) is 5.91 Å². The van der Waals surface area contributed by atoms with Crippen LogP contribution in [0.25, 0.3) is 33.3 Å². The molecular formula is C59H76N8O8. The van der Waals surface area contributed by atoms with Gasteiger partial charge < -0.3 is 43.9 Å². The van der Waals surface area contributed by atoms with Gasteiger partial charge in [-0.1, -0.05) is 70.2 Å². The van der Waals surface area contributed by atoms with E-state index >= 15 is 0 Å². The van der Waals surface area contributed by atoms with Crippen LogP contribution in [0.2, 0.25) is 0 Å². The molecule has 5 aromatic rings. The number of aryl methyl sites for hydroxylation is 1. The van der Waals surface area contributed by atoms with Gasteiger partial charge in [0.25, 0.3) is 11.8 Å². The number of ether oxygens (including phenoxy) is 3. The maximum Gasteiger partial charge on any atom is 0.324 e. The summed E-state index contributed by atoms with van der Waals surface area (Å²) in [7, 11) is 5.48. The number of amides is 3. The maximum atomic E-state index is 14.9. The van der Waals surface area contributed by atoms with Crippen molar-refractivity contribution in [3.8, 4) is 28.1 Å². The van der Waals surface area contributed by atoms with Crippen LogP contribution in [0.4, 0.5) is 5.69 Å². The van der Waals surface area contributed by atoms with Gasteiger partial charge in [-0.15, -0.1) is 0 Å². The molecule has 4 aliphatic rings. The van der Waals surface area contributed by atoms with Crippen molar-refractivity contribution in [1.29, 1.82) is 0 Å². The van der Waals surface area contributed by atoms with E-state index in [2.05, 4.69) is 77.2 Å². The number of hydrazine groups is 1. The van der Waals surface area contributed by atoms with Gasteiger partial charge in [-0.2, -0.15) is 0 Å². The molecule has 4 aliphatic heterocycles. The van der Waals surface area contributed by atoms with Gasteiger partial charge in [0, 0.05) is 94.3 Å². The summed E-state index contributed by atoms with van der Waals surface area (Å²) in [6.07, 6.45) is 3.05. The van der Waals surface area contributed by atoms with Gasteiger partial charge in [-0.25, -0.2) is 5.43 Å². The van der Waals surface area contributed by atoms with Crippen LogP contribution in [0.1, 0.15) is 95.2 Å². The number of rotatable bonds is 11. The number of carbonyl (C=O) groups is 4. The molecule has 3 saturated heterocycles. The van der Waals surface area contributed by atoms with E-state index in [0.29, 0.717) is 44.4 Å². The number of aromatic hydroxyl groups is 1. The number of carbonyl (C=O) groups excluding carboxylic acids is 4. The fourth-order valence-electron chi connectivity index (χ4n) is 11.7. The molecule has 6 bridgehead atoms. The summed E-state index contributed by atoms with van der Waals surface area (Å²) in [5, 5.41) is 17.0. The fraction of sp³-hybridized carbons (Fsp3) is 0.508. The lowest BCUT2D eigenvalue weighted by Crippen LogP contribution is -2.62. The molecule has 16 heteroatoms. The maximum absolute atomic E-state index is 14.9. The number of likely N-dealkylation sites (N-methyl/N-ethyl adjacent to an activating group) is 2. The van der Waals surface area contributed by atoms with E-state index in [0.717, 1.165) is 82.0 Å². The van der Waals surface area contributed by atoms with Crippen molar-refractivity contribution in [3.05, 3.63) is 101 Å². The van der Waals surface area contributed by atoms with Crippen molar-refractivity contribution in [3.63, 3.8) is 0 Å². The number of phenols is 1. The lowest BCUT2D eigenvalue weighted by molar-refractivity contribution is -0.155. The number of esters is 1. The minimum Gasteiger partial charge on any atom is -0.508 e. The third kappa shape index (κ3) is 11.3. The lowest BCUT2D eigenvalue weighted by atomic mass is 9.84. The number of phenolic OH excluding ortho intramolecular Hbond substituents is 1. The Morgan fingerprint density at radius 1 is 0.973 bits per heavy atom. The van der Waals surface area contributed by atoms with Crippen LogP contribution in [0, 0.1) is 11.3 Å². The minimum absolute atomic E-state index is 0.00128. The second kappa shape index (κ2) is 22.5. The molecule has 0 spiro atoms. The quantitative estimate of drug-likeness (QED) is 0.113. The van der Waals surface area contributed by atoms with E-state index in [4.69, 9.17) is 19.2 Å². The van der Waals surface area contributed by atoms with Crippen LogP contribution in [-0.4, -0.2) is 145 Å². The average molecular weight is 1030 g/mol. The van der Waals surface area contributed by atoms with Crippen molar-refractivity contribution in [2.75, 3.05) is 72.0 Å². The Morgan fingerprint density at radius 3 is 2.45 bits per heavy atom. The van der Waals surface area contributed by atoms with Crippen LogP contribution in [0.15, 0.2) is 79.0 Å². The molecular weight excluding hydrogens is 949 g/mol. The van der Waals surface area contributed by atoms with Gasteiger partial charge >= 0.3 is 5.97 Å². The summed E-state index contributed by atoms with van der Waals surface area (Å²) >= 11 is 0. The number of cyclic esters (lactones) is 1. The Labute approximate surface area is 441 Å². The molecule has 0 saturated carbocycles. The summed E-state index contributed by atoms with van der Waals surface area (Å²) in [5.74, 6) is -2.26. The summed E-state index contributed by atoms with van der Waals surface area (Å²) in [6.45, 7) is 17.2. The molecule has 6 unspecified atom stereocenters. The molecule has 3 amide bonds. The predicted molar refractivity (Wildman–Crippen MR) is 290 cm³/mol. The van der Waals surface area contributed by atoms with Crippen molar-refractivity contribution < 1.29 is 38.5 Å². The topological polar surface area (TPSA) is 171 Å². The second-order valence-corrected chi connectivity index (χ2v) is 22.2. The highest BCUT2D eigenvalue weighted by molar-refractivity contribution is 5.96. The Balaban J connectivity index is 1.12. The summed E-state index contributed by atoms with van der Waals surface area (Å²) in [6, 6.07) is 20.8. The van der Waals surface area contributed by atoms with Crippen LogP contribution in [0.5, 0.6) is 5.75 Å². The highest BCUT2D eigenvalue weighted by Gasteiger charge is 2.42. The Morgan fingerprint density at radius 2 is 1.73 bits per heavy atom. The highest BCUT2D eigenvalue weighted by Crippen LogP contribution is 2.43. The van der Waals surface area contributed by atoms with Crippen LogP contribution >= 0.6 is 0 Å². The average Bonchev–Trinajstić information content (AvgIpc) is 4.03. The van der Waals surface area contributed by atoms with E-state index in [1.165, 1.54) is 9.91 Å². The first kappa shape index (κ1) is 53.5. The van der Waals surface area contributed by atoms with E-state index in [9.17, 15) is 24.3 Å². The molecule has 6 atom stereocenters. The van der Waals surface area contributed by atoms with Gasteiger partial charge in [0.05, 0.1) is 36.0 Å². The van der Waals surface area contributed by atoms with Crippen molar-refractivity contribution >= 4 is 40.3 Å². The summed E-state index contributed by atoms with van der Waals surface area (Å²) in [4.78, 5) is 69.6. The minimum atomic E-state index is -1.16. The first-order valence-corrected chi connectivity index (χ1v) is 26.9. The molecule has 75 heavy (non-hydrogen) atoms. The van der Waals surface area contributed by atoms with Crippen molar-refractivity contribution in [2.45, 2.75) is 116 Å². The number of anilines is 1. The largest absolute Gasteiger partial charge is 0.508 e. The monoisotopic (exact) mass is 1020 g/mol. The molecule has 9 rings (SSSR count). The number of hydrogen-bond donors (Lipinski definition) is 3. The smallest absolute Gasteiger partial charge is 0.324 e. The molecule has 0 radical (unpaired) electrons. The molecule has 0 aliphatic carbocycles. The number of nitrogens with one attached hydrogen (secondary N) is 2. The van der Waals surface area contributed by atoms with Gasteiger partial charge in [-0.3, -0.25) is 29.2 Å². The Kier molecular flexibility index (Phi) is 16.0. The fourth-order valence-corrected chi connectivity index (χ4v) is 11.7. The molecule has 3 fully saturated rings. The summed E-state index contributed by atoms with van der Waals surface area (Å²) < 4.78 is 20.6. The highest BCUT2D eigenvalue weighted by atomic mass is 16.5. The van der Waals surface area contributed by atoms with Gasteiger partial charge in [-0.05, 0) is 111 Å². The molecule has 3 N–H and O–H groups in total. The number of nitrogens with zero attached hydrogens (tertiary/aromatic N) is 6. The number of benzene rings is 3. The van der Waals surface area contributed by atoms with Crippen LogP contribution in [-0.2, 0) is 52.8 Å². The Bertz CT molecular complexity index is 2900. The SMILES string of the molecule is CCn1c(-c2cc(N3CCN(C)CC3)cnc2C(C)OC)c2c3cc(ccc31)-c1cc(O)cc(c1)CC(NC(=O)C(C(C)C)N(C)C(=O)C1OCCC1c1ccccc1)C(=O)N1CCCC(N1)C(=O)OCC(C)(C)C2. The van der Waals surface area contributed by atoms with Gasteiger partial charge in [0.15, 0.2) is 0 Å². The zero-order chi connectivity index (χ0) is 53.3. The lowest BCUT2D eigenvalue weighted by Gasteiger charge is -2.37. The van der Waals surface area contributed by atoms with E-state index < -0.39 is 47.4 Å². The first-order valence-electron chi connectivity index (χ1n) is 26.9. The normalized spacial score (nSPS) is 22.4. The third-order valence-corrected chi connectivity index (χ3v) is 15.8. The zero-order valence-electron chi connectivity index (χ0n) is 45.2. The standard InChI is InChI=1S/C59H76N8O8/c1-10-66-50-19-18-40-31-45(50)47(53(66)46-32-42(34-60-51(46)37(4)73-9)65-24-22-63(7)23-25-65)33-59(5,6)35-75-58(72)48-17-14-21-67(62-48)56(70)49(29-38-27-41(40)30-43(68)28-38)61-55(69)52(36(2)3)64(8)57(71)54-44(20-26-74-54)39-15-12-11-13-16-39/h11-13,15-16,18-19,27-28,30-32,34,36-37,44,48-49,52,54,62,68H,10,14,17,20-26,29,33,35H2,1-9H3,(H,61,69). The second-order valence-electron chi connectivity index (χ2n) is 22.2. The molecule has 2 aromatic heterocycles. The molecule has 400 valence electrons. The number of fused-ring (bicyclic) bond motifs is 6. The van der Waals surface area contributed by atoms with Crippen LogP contribution < -0.4 is 15.6 Å². The number of hydrogen-bond acceptors (Lipinski definition) is 12. The van der Waals surface area contributed by atoms with Crippen molar-refractivity contribution in [2.24, 2.45) is 11.3 Å². The predicted octanol–water partition coefficient (Wildman–Crippen LogP) is 7.26. The molecule has 6 heterocycles. The van der Waals surface area contributed by atoms with E-state index in [1.807, 2.05) is 63.4 Å². The summed E-state index contributed by atoms with van der Waals surface area (Å²) in [5.41, 5.74) is 11.8. The van der Waals surface area contributed by atoms with Gasteiger partial charge in [0.1, 0.15) is 30.0 Å². The van der Waals surface area contributed by atoms with E-state index in [1.54, 1.807) is 26.3 Å². The van der Waals surface area contributed by atoms with Crippen molar-refractivity contribution in [1.82, 2.24) is 35.1 Å². The number of pyridine rings is 1. The number of aromatic nitrogens is 2.